The summed E-state index contributed by atoms with van der Waals surface area (Å²) < 4.78 is 38.1. The van der Waals surface area contributed by atoms with E-state index in [-0.39, 0.29) is 11.1 Å². The van der Waals surface area contributed by atoms with Crippen molar-refractivity contribution in [2.75, 3.05) is 11.9 Å². The Kier molecular flexibility index (Phi) is 5.32. The molecule has 0 heterocycles. The molecule has 0 spiro atoms. The summed E-state index contributed by atoms with van der Waals surface area (Å²) in [4.78, 5) is 0. The zero-order chi connectivity index (χ0) is 13.8. The van der Waals surface area contributed by atoms with Crippen molar-refractivity contribution in [2.45, 2.75) is 31.8 Å². The lowest BCUT2D eigenvalue weighted by Crippen LogP contribution is -2.18. The average Bonchev–Trinajstić information content (AvgIpc) is 2.24. The molecule has 0 aromatic heterocycles. The fraction of sp³-hybridized carbons (Fsp3) is 0.538. The fourth-order valence-electron chi connectivity index (χ4n) is 1.70. The smallest absolute Gasteiger partial charge is 0.383 e. The van der Waals surface area contributed by atoms with Crippen LogP contribution >= 0.6 is 11.6 Å². The average molecular weight is 280 g/mol. The fourth-order valence-corrected chi connectivity index (χ4v) is 2.13. The number of para-hydroxylation sites is 1. The topological polar surface area (TPSA) is 12.0 Å². The van der Waals surface area contributed by atoms with Crippen LogP contribution in [0.4, 0.5) is 18.9 Å². The summed E-state index contributed by atoms with van der Waals surface area (Å²) in [6, 6.07) is 5.43. The first-order valence-corrected chi connectivity index (χ1v) is 6.28. The molecule has 0 saturated carbocycles. The normalized spacial score (nSPS) is 13.7. The van der Waals surface area contributed by atoms with Crippen LogP contribution in [-0.4, -0.2) is 11.9 Å². The molecule has 1 aromatic rings. The van der Waals surface area contributed by atoms with Gasteiger partial charge in [0.15, 0.2) is 0 Å². The number of halogens is 4. The van der Waals surface area contributed by atoms with E-state index in [1.54, 1.807) is 6.07 Å². The van der Waals surface area contributed by atoms with Crippen molar-refractivity contribution in [3.63, 3.8) is 0 Å². The standard InChI is InChI=1S/C13H17ClF3N/c1-9(2)7-10(14)8-18-12-6-4-3-5-11(12)13(15,16)17/h3-6,9-10,18H,7-8H2,1-2H3. The first-order chi connectivity index (χ1) is 8.30. The van der Waals surface area contributed by atoms with E-state index in [1.165, 1.54) is 12.1 Å². The van der Waals surface area contributed by atoms with Gasteiger partial charge in [-0.15, -0.1) is 11.6 Å². The van der Waals surface area contributed by atoms with E-state index in [2.05, 4.69) is 5.32 Å². The second-order valence-corrected chi connectivity index (χ2v) is 5.27. The van der Waals surface area contributed by atoms with Crippen molar-refractivity contribution in [3.8, 4) is 0 Å². The monoisotopic (exact) mass is 279 g/mol. The number of alkyl halides is 4. The van der Waals surface area contributed by atoms with Crippen LogP contribution in [0.5, 0.6) is 0 Å². The molecule has 1 rings (SSSR count). The molecule has 5 heteroatoms. The molecule has 0 saturated heterocycles. The molecule has 1 nitrogen and oxygen atoms in total. The molecule has 0 bridgehead atoms. The minimum Gasteiger partial charge on any atom is -0.383 e. The molecule has 1 unspecified atom stereocenters. The van der Waals surface area contributed by atoms with Gasteiger partial charge < -0.3 is 5.32 Å². The van der Waals surface area contributed by atoms with Gasteiger partial charge in [0, 0.05) is 12.2 Å². The Balaban J connectivity index is 2.68. The van der Waals surface area contributed by atoms with Gasteiger partial charge in [0.1, 0.15) is 0 Å². The Morgan fingerprint density at radius 1 is 1.22 bits per heavy atom. The largest absolute Gasteiger partial charge is 0.418 e. The molecule has 0 fully saturated rings. The van der Waals surface area contributed by atoms with Crippen LogP contribution in [0, 0.1) is 5.92 Å². The van der Waals surface area contributed by atoms with Gasteiger partial charge in [-0.1, -0.05) is 26.0 Å². The predicted molar refractivity (Wildman–Crippen MR) is 69.0 cm³/mol. The van der Waals surface area contributed by atoms with Gasteiger partial charge in [0.05, 0.1) is 10.9 Å². The van der Waals surface area contributed by atoms with Crippen LogP contribution in [0.25, 0.3) is 0 Å². The number of benzene rings is 1. The van der Waals surface area contributed by atoms with Gasteiger partial charge in [-0.25, -0.2) is 0 Å². The minimum atomic E-state index is -4.34. The summed E-state index contributed by atoms with van der Waals surface area (Å²) in [7, 11) is 0. The Morgan fingerprint density at radius 2 is 1.83 bits per heavy atom. The molecule has 0 aliphatic rings. The molecule has 102 valence electrons. The molecule has 18 heavy (non-hydrogen) atoms. The highest BCUT2D eigenvalue weighted by Crippen LogP contribution is 2.34. The Morgan fingerprint density at radius 3 is 2.39 bits per heavy atom. The molecule has 1 N–H and O–H groups in total. The first kappa shape index (κ1) is 15.2. The lowest BCUT2D eigenvalue weighted by atomic mass is 10.1. The summed E-state index contributed by atoms with van der Waals surface area (Å²) in [6.45, 7) is 4.38. The van der Waals surface area contributed by atoms with E-state index in [0.717, 1.165) is 12.5 Å². The summed E-state index contributed by atoms with van der Waals surface area (Å²) in [5.41, 5.74) is -0.571. The molecular formula is C13H17ClF3N. The zero-order valence-electron chi connectivity index (χ0n) is 10.4. The van der Waals surface area contributed by atoms with E-state index in [9.17, 15) is 13.2 Å². The zero-order valence-corrected chi connectivity index (χ0v) is 11.1. The third-order valence-corrected chi connectivity index (χ3v) is 2.81. The predicted octanol–water partition coefficient (Wildman–Crippen LogP) is 4.77. The highest BCUT2D eigenvalue weighted by Gasteiger charge is 2.33. The van der Waals surface area contributed by atoms with Gasteiger partial charge in [-0.05, 0) is 24.5 Å². The summed E-state index contributed by atoms with van der Waals surface area (Å²) in [6.07, 6.45) is -3.58. The summed E-state index contributed by atoms with van der Waals surface area (Å²) in [5, 5.41) is 2.60. The molecular weight excluding hydrogens is 263 g/mol. The maximum absolute atomic E-state index is 12.7. The van der Waals surface area contributed by atoms with Crippen LogP contribution in [0.15, 0.2) is 24.3 Å². The lowest BCUT2D eigenvalue weighted by Gasteiger charge is -2.17. The van der Waals surface area contributed by atoms with E-state index < -0.39 is 11.7 Å². The van der Waals surface area contributed by atoms with Crippen molar-refractivity contribution in [2.24, 2.45) is 5.92 Å². The van der Waals surface area contributed by atoms with E-state index >= 15 is 0 Å². The van der Waals surface area contributed by atoms with Gasteiger partial charge in [-0.3, -0.25) is 0 Å². The van der Waals surface area contributed by atoms with Crippen LogP contribution in [0.1, 0.15) is 25.8 Å². The number of hydrogen-bond acceptors (Lipinski definition) is 1. The first-order valence-electron chi connectivity index (χ1n) is 5.85. The van der Waals surface area contributed by atoms with Crippen molar-refractivity contribution < 1.29 is 13.2 Å². The Labute approximate surface area is 110 Å². The number of hydrogen-bond donors (Lipinski definition) is 1. The molecule has 1 atom stereocenters. The highest BCUT2D eigenvalue weighted by atomic mass is 35.5. The van der Waals surface area contributed by atoms with Crippen molar-refractivity contribution in [3.05, 3.63) is 29.8 Å². The third-order valence-electron chi connectivity index (χ3n) is 2.47. The molecule has 1 aromatic carbocycles. The van der Waals surface area contributed by atoms with E-state index in [1.807, 2.05) is 13.8 Å². The van der Waals surface area contributed by atoms with Crippen LogP contribution in [-0.2, 0) is 6.18 Å². The van der Waals surface area contributed by atoms with Gasteiger partial charge >= 0.3 is 6.18 Å². The van der Waals surface area contributed by atoms with Crippen LogP contribution in [0.2, 0.25) is 0 Å². The van der Waals surface area contributed by atoms with E-state index in [0.29, 0.717) is 12.5 Å². The second-order valence-electron chi connectivity index (χ2n) is 4.65. The summed E-state index contributed by atoms with van der Waals surface area (Å²) in [5.74, 6) is 0.423. The quantitative estimate of drug-likeness (QED) is 0.766. The van der Waals surface area contributed by atoms with Crippen molar-refractivity contribution in [1.82, 2.24) is 0 Å². The van der Waals surface area contributed by atoms with Gasteiger partial charge in [-0.2, -0.15) is 13.2 Å². The van der Waals surface area contributed by atoms with Crippen LogP contribution < -0.4 is 5.32 Å². The maximum Gasteiger partial charge on any atom is 0.418 e. The molecule has 0 amide bonds. The van der Waals surface area contributed by atoms with Crippen LogP contribution in [0.3, 0.4) is 0 Å². The molecule has 0 radical (unpaired) electrons. The number of rotatable bonds is 5. The lowest BCUT2D eigenvalue weighted by molar-refractivity contribution is -0.136. The number of anilines is 1. The summed E-state index contributed by atoms with van der Waals surface area (Å²) >= 11 is 6.05. The molecule has 0 aliphatic carbocycles. The van der Waals surface area contributed by atoms with E-state index in [4.69, 9.17) is 11.6 Å². The van der Waals surface area contributed by atoms with Gasteiger partial charge in [0.2, 0.25) is 0 Å². The second kappa shape index (κ2) is 6.32. The molecule has 0 aliphatic heterocycles. The SMILES string of the molecule is CC(C)CC(Cl)CNc1ccccc1C(F)(F)F. The third kappa shape index (κ3) is 4.77. The van der Waals surface area contributed by atoms with Crippen molar-refractivity contribution >= 4 is 17.3 Å². The van der Waals surface area contributed by atoms with Gasteiger partial charge in [0.25, 0.3) is 0 Å². The Bertz CT molecular complexity index is 377. The number of nitrogens with one attached hydrogen (secondary N) is 1. The van der Waals surface area contributed by atoms with Crippen molar-refractivity contribution in [1.29, 1.82) is 0 Å². The maximum atomic E-state index is 12.7. The minimum absolute atomic E-state index is 0.0828. The highest BCUT2D eigenvalue weighted by molar-refractivity contribution is 6.20. The Hall–Kier alpha value is -0.900.